The second-order valence-corrected chi connectivity index (χ2v) is 2.36. The van der Waals surface area contributed by atoms with Gasteiger partial charge in [0.1, 0.15) is 0 Å². The molecule has 0 bridgehead atoms. The van der Waals surface area contributed by atoms with Gasteiger partial charge in [-0.25, -0.2) is 0 Å². The summed E-state index contributed by atoms with van der Waals surface area (Å²) in [6.45, 7) is -1.85. The molecule has 1 saturated heterocycles. The highest BCUT2D eigenvalue weighted by Gasteiger charge is 2.10. The van der Waals surface area contributed by atoms with E-state index in [9.17, 15) is 4.79 Å². The lowest BCUT2D eigenvalue weighted by molar-refractivity contribution is -0.129. The second kappa shape index (κ2) is 2.85. The summed E-state index contributed by atoms with van der Waals surface area (Å²) in [6.07, 6.45) is 2.98. The van der Waals surface area contributed by atoms with Gasteiger partial charge in [0.15, 0.2) is 0 Å². The van der Waals surface area contributed by atoms with Gasteiger partial charge in [0.05, 0.1) is 0 Å². The van der Waals surface area contributed by atoms with Gasteiger partial charge >= 0.3 is 0 Å². The lowest BCUT2D eigenvalue weighted by Crippen LogP contribution is -2.25. The van der Waals surface area contributed by atoms with Crippen molar-refractivity contribution in [3.05, 3.63) is 0 Å². The summed E-state index contributed by atoms with van der Waals surface area (Å²) < 4.78 is 21.3. The Morgan fingerprint density at radius 1 is 1.56 bits per heavy atom. The molecule has 0 aromatic carbocycles. The van der Waals surface area contributed by atoms with Crippen molar-refractivity contribution in [2.75, 3.05) is 13.5 Å². The number of hydrogen-bond donors (Lipinski definition) is 0. The van der Waals surface area contributed by atoms with Crippen molar-refractivity contribution in [2.45, 2.75) is 25.7 Å². The molecule has 2 nitrogen and oxygen atoms in total. The Balaban J connectivity index is 2.66. The predicted molar refractivity (Wildman–Crippen MR) is 36.1 cm³/mol. The largest absolute Gasteiger partial charge is 0.346 e. The van der Waals surface area contributed by atoms with Crippen LogP contribution in [0.15, 0.2) is 0 Å². The molecule has 0 aromatic heterocycles. The van der Waals surface area contributed by atoms with Gasteiger partial charge in [-0.05, 0) is 12.8 Å². The summed E-state index contributed by atoms with van der Waals surface area (Å²) in [5.41, 5.74) is 0. The molecule has 9 heavy (non-hydrogen) atoms. The molecule has 0 spiro atoms. The van der Waals surface area contributed by atoms with Crippen LogP contribution < -0.4 is 0 Å². The predicted octanol–water partition coefficient (Wildman–Crippen LogP) is 1.02. The van der Waals surface area contributed by atoms with Gasteiger partial charge in [-0.1, -0.05) is 6.42 Å². The molecule has 1 aliphatic rings. The standard InChI is InChI=1S/C7H13NO/c1-8-6-4-2-3-5-7(8)9/h2-6H2,1H3/i1D3. The van der Waals surface area contributed by atoms with Crippen LogP contribution in [0.4, 0.5) is 0 Å². The topological polar surface area (TPSA) is 20.3 Å². The molecular weight excluding hydrogens is 114 g/mol. The molecule has 0 aliphatic carbocycles. The smallest absolute Gasteiger partial charge is 0.222 e. The molecule has 0 saturated carbocycles. The first-order valence-electron chi connectivity index (χ1n) is 4.82. The van der Waals surface area contributed by atoms with E-state index in [1.165, 1.54) is 0 Å². The lowest BCUT2D eigenvalue weighted by Gasteiger charge is -2.11. The fraction of sp³-hybridized carbons (Fsp3) is 0.857. The van der Waals surface area contributed by atoms with Gasteiger partial charge in [0, 0.05) is 24.1 Å². The maximum Gasteiger partial charge on any atom is 0.222 e. The van der Waals surface area contributed by atoms with Gasteiger partial charge in [0.25, 0.3) is 0 Å². The van der Waals surface area contributed by atoms with Crippen molar-refractivity contribution >= 4 is 5.91 Å². The van der Waals surface area contributed by atoms with Gasteiger partial charge in [-0.15, -0.1) is 0 Å². The van der Waals surface area contributed by atoms with Crippen molar-refractivity contribution in [1.82, 2.24) is 4.90 Å². The summed E-state index contributed by atoms with van der Waals surface area (Å²) in [4.78, 5) is 12.2. The summed E-state index contributed by atoms with van der Waals surface area (Å²) in [5, 5.41) is 0. The number of hydrogen-bond acceptors (Lipinski definition) is 1. The number of nitrogens with zero attached hydrogens (tertiary/aromatic N) is 1. The normalized spacial score (nSPS) is 28.2. The summed E-state index contributed by atoms with van der Waals surface area (Å²) in [5.74, 6) is -0.229. The molecule has 1 fully saturated rings. The second-order valence-electron chi connectivity index (χ2n) is 2.36. The molecular formula is C7H13NO. The van der Waals surface area contributed by atoms with Crippen LogP contribution in [0.1, 0.15) is 29.8 Å². The van der Waals surface area contributed by atoms with E-state index in [1.54, 1.807) is 0 Å². The highest BCUT2D eigenvalue weighted by atomic mass is 16.2. The average Bonchev–Trinajstić information content (AvgIpc) is 2.11. The van der Waals surface area contributed by atoms with Gasteiger partial charge in [-0.3, -0.25) is 4.79 Å². The molecule has 1 rings (SSSR count). The molecule has 52 valence electrons. The SMILES string of the molecule is [2H]C([2H])([2H])N1CCCCCC1=O. The molecule has 0 aromatic rings. The summed E-state index contributed by atoms with van der Waals surface area (Å²) in [6, 6.07) is 0. The first-order valence-corrected chi connectivity index (χ1v) is 3.32. The molecule has 1 heterocycles. The van der Waals surface area contributed by atoms with Crippen LogP contribution >= 0.6 is 0 Å². The van der Waals surface area contributed by atoms with Gasteiger partial charge < -0.3 is 4.90 Å². The zero-order chi connectivity index (χ0) is 9.19. The summed E-state index contributed by atoms with van der Waals surface area (Å²) >= 11 is 0. The fourth-order valence-electron chi connectivity index (χ4n) is 0.983. The van der Waals surface area contributed by atoms with Crippen LogP contribution in [0.5, 0.6) is 0 Å². The highest BCUT2D eigenvalue weighted by molar-refractivity contribution is 5.75. The first-order chi connectivity index (χ1) is 5.52. The Morgan fingerprint density at radius 2 is 2.44 bits per heavy atom. The third kappa shape index (κ3) is 1.70. The average molecular weight is 130 g/mol. The molecule has 0 radical (unpaired) electrons. The summed E-state index contributed by atoms with van der Waals surface area (Å²) in [7, 11) is 0. The minimum Gasteiger partial charge on any atom is -0.346 e. The van der Waals surface area contributed by atoms with Gasteiger partial charge in [0.2, 0.25) is 5.91 Å². The Morgan fingerprint density at radius 3 is 3.22 bits per heavy atom. The quantitative estimate of drug-likeness (QED) is 0.479. The maximum atomic E-state index is 11.2. The molecule has 0 atom stereocenters. The van der Waals surface area contributed by atoms with E-state index in [2.05, 4.69) is 0 Å². The van der Waals surface area contributed by atoms with E-state index in [0.29, 0.717) is 13.0 Å². The van der Waals surface area contributed by atoms with Gasteiger partial charge in [-0.2, -0.15) is 0 Å². The number of amides is 1. The van der Waals surface area contributed by atoms with Crippen LogP contribution in [0, 0.1) is 0 Å². The van der Waals surface area contributed by atoms with Crippen molar-refractivity contribution in [3.63, 3.8) is 0 Å². The zero-order valence-electron chi connectivity index (χ0n) is 8.39. The van der Waals surface area contributed by atoms with E-state index in [0.717, 1.165) is 24.2 Å². The van der Waals surface area contributed by atoms with Crippen LogP contribution in [-0.4, -0.2) is 24.3 Å². The van der Waals surface area contributed by atoms with Crippen molar-refractivity contribution in [1.29, 1.82) is 0 Å². The van der Waals surface area contributed by atoms with Crippen molar-refractivity contribution in [2.24, 2.45) is 0 Å². The Labute approximate surface area is 60.1 Å². The highest BCUT2D eigenvalue weighted by Crippen LogP contribution is 2.08. The van der Waals surface area contributed by atoms with Crippen LogP contribution in [0.2, 0.25) is 0 Å². The van der Waals surface area contributed by atoms with E-state index in [4.69, 9.17) is 4.11 Å². The third-order valence-electron chi connectivity index (χ3n) is 1.57. The monoisotopic (exact) mass is 130 g/mol. The van der Waals surface area contributed by atoms with E-state index < -0.39 is 6.98 Å². The molecule has 1 amide bonds. The number of rotatable bonds is 0. The minimum absolute atomic E-state index is 0.229. The molecule has 0 unspecified atom stereocenters. The van der Waals surface area contributed by atoms with Crippen LogP contribution in [-0.2, 0) is 4.79 Å². The van der Waals surface area contributed by atoms with E-state index >= 15 is 0 Å². The van der Waals surface area contributed by atoms with Crippen molar-refractivity contribution in [3.8, 4) is 0 Å². The number of carbonyl (C=O) groups excluding carboxylic acids is 1. The first kappa shape index (κ1) is 3.59. The number of carbonyl (C=O) groups is 1. The Kier molecular flexibility index (Phi) is 1.14. The van der Waals surface area contributed by atoms with Crippen molar-refractivity contribution < 1.29 is 8.91 Å². The van der Waals surface area contributed by atoms with Crippen LogP contribution in [0.3, 0.4) is 0 Å². The van der Waals surface area contributed by atoms with Crippen LogP contribution in [0.25, 0.3) is 0 Å². The fourth-order valence-corrected chi connectivity index (χ4v) is 0.983. The minimum atomic E-state index is -2.23. The molecule has 0 N–H and O–H groups in total. The molecule has 2 heteroatoms. The molecule has 1 aliphatic heterocycles. The lowest BCUT2D eigenvalue weighted by atomic mass is 10.2. The van der Waals surface area contributed by atoms with E-state index in [-0.39, 0.29) is 5.91 Å². The zero-order valence-corrected chi connectivity index (χ0v) is 5.39. The Bertz CT molecular complexity index is 178. The third-order valence-corrected chi connectivity index (χ3v) is 1.57. The maximum absolute atomic E-state index is 11.2. The van der Waals surface area contributed by atoms with E-state index in [1.807, 2.05) is 0 Å². The number of likely N-dealkylation sites (tertiary alicyclic amines) is 1. The Hall–Kier alpha value is -0.530.